The first-order chi connectivity index (χ1) is 60.5. The summed E-state index contributed by atoms with van der Waals surface area (Å²) >= 11 is 10.4. The number of aliphatic hydroxyl groups is 1. The SMILES string of the molecule is COCCO[C@H]1C(OP(=O)(O)OC[C@H]2O[C@@H](n3cnc4c(=O)[nH]c(N)nc43)[C@@H](OCCOC)C2OP(=O)(O)OC[C@H]2O[C@@H](n3cc(C)c(=O)[nH]c3=O)[C@@H](OCCOC)C2OP(=O)(O)OC[C@H]2O[C@@H](n3cc(C)c(=O)[nH]c3=O)[C@@H](OCCOC)C2OP(O)(O)=S)[C@@H](COP(O)(=S)OC2[C@@H](CO)O[C@@H](n3cc(C)c(N)nc3=O)[C@H]2OCCOC)O[C@H]1n1cc(C)c(N)nc1=O. The Kier molecular flexibility index (Phi) is 35.3. The monoisotopic (exact) mass is 1960 g/mol. The zero-order chi connectivity index (χ0) is 93.2. The number of aromatic nitrogens is 12. The fourth-order valence-corrected chi connectivity index (χ4v) is 19.2. The maximum Gasteiger partial charge on any atom is 0.472 e. The Balaban J connectivity index is 0.915. The van der Waals surface area contributed by atoms with Crippen molar-refractivity contribution in [3.05, 3.63) is 126 Å². The molecule has 9 unspecified atom stereocenters. The number of fused-ring (bicyclic) bond motifs is 1. The van der Waals surface area contributed by atoms with Crippen LogP contribution in [0, 0.1) is 27.7 Å². The van der Waals surface area contributed by atoms with Crippen molar-refractivity contribution in [3.8, 4) is 0 Å². The van der Waals surface area contributed by atoms with Crippen LogP contribution in [0.2, 0.25) is 0 Å². The number of aromatic amines is 3. The molecular weight excluding hydrogens is 1870 g/mol. The number of phosphoric acid groups is 3. The summed E-state index contributed by atoms with van der Waals surface area (Å²) in [6.45, 7) is -12.2. The molecular formula is C65H98N15O41P5S2. The molecule has 5 aliphatic rings. The van der Waals surface area contributed by atoms with E-state index in [1.807, 2.05) is 0 Å². The lowest BCUT2D eigenvalue weighted by atomic mass is 10.1. The van der Waals surface area contributed by atoms with Crippen molar-refractivity contribution in [2.45, 2.75) is 150 Å². The first kappa shape index (κ1) is 102. The van der Waals surface area contributed by atoms with Gasteiger partial charge >= 0.3 is 59.7 Å². The van der Waals surface area contributed by atoms with Crippen LogP contribution in [0.4, 0.5) is 17.6 Å². The Morgan fingerprint density at radius 3 is 1.05 bits per heavy atom. The Labute approximate surface area is 732 Å². The maximum absolute atomic E-state index is 15.2. The first-order valence-electron chi connectivity index (χ1n) is 38.4. The molecule has 0 radical (unpaired) electrons. The number of aryl methyl sites for hydroxylation is 4. The molecule has 0 spiro atoms. The average molecular weight is 1960 g/mol. The second-order valence-corrected chi connectivity index (χ2v) is 38.4. The van der Waals surface area contributed by atoms with Gasteiger partial charge in [0.15, 0.2) is 42.3 Å². The van der Waals surface area contributed by atoms with E-state index in [1.54, 1.807) is 6.92 Å². The second kappa shape index (κ2) is 44.2. The molecule has 0 amide bonds. The molecule has 5 aliphatic heterocycles. The average Bonchev–Trinajstić information content (AvgIpc) is 1.61. The fraction of sp³-hybridized carbons (Fsp3) is 0.677. The van der Waals surface area contributed by atoms with E-state index >= 15 is 9.13 Å². The van der Waals surface area contributed by atoms with E-state index in [4.69, 9.17) is 153 Å². The number of nitrogen functional groups attached to an aromatic ring is 3. The summed E-state index contributed by atoms with van der Waals surface area (Å²) in [5.41, 5.74) is 10.9. The molecule has 5 saturated heterocycles. The standard InChI is InChI=1S/C65H98N15O41P5S2/c1-30-20-76(62(85)70-50(30)66)56-45(103-15-10-98-5)40(34(24-81)112-56)121-126(97,128)111-28-38-43(47(105-17-12-100-7)57(115-38)77-21-31(2)51(67)71-63(77)86)119-123(91,92)109-26-36-42(48(106-18-13-101-8)60(116-36)80-29-69-39-52(80)72-61(68)73-55(39)84)118-122(89,90)108-25-35-41(46(104-16-11-99-6)58(113-35)78-22-32(3)53(82)74-64(78)87)117-124(93,94)110-27-37-44(120-125(95,96)127)49(107-19-14-102-9)59(114-37)79-23-33(4)54(83)75-65(79)88/h20-23,29,34-38,40-49,56-60,81H,10-19,24-28H2,1-9H3,(H,89,90)(H,91,92)(H,93,94)(H,97,128)(H2,66,70,85)(H2,67,71,86)(H,74,82,87)(H,75,83,88)(H2,95,96,127)(H3,68,72,73,84)/t34-,35-,36-,37-,38-,40?,41?,42?,43?,44?,45+,46+,47+,48+,49+,56-,57-,58-,59-,60-,126?/m1/s1. The molecule has 16 N–H and O–H groups in total. The van der Waals surface area contributed by atoms with E-state index in [1.165, 1.54) is 68.7 Å². The Bertz CT molecular complexity index is 5530. The maximum atomic E-state index is 15.2. The number of hydrogen-bond acceptors (Lipinski definition) is 44. The van der Waals surface area contributed by atoms with E-state index in [0.29, 0.717) is 5.56 Å². The molecule has 56 nitrogen and oxygen atoms in total. The van der Waals surface area contributed by atoms with Gasteiger partial charge in [-0.25, -0.2) is 37.9 Å². The third kappa shape index (κ3) is 25.2. The number of rotatable bonds is 48. The number of nitrogens with zero attached hydrogens (tertiary/aromatic N) is 9. The minimum atomic E-state index is -5.99. The number of nitrogens with two attached hydrogens (primary N) is 3. The Morgan fingerprint density at radius 1 is 0.398 bits per heavy atom. The Hall–Kier alpha value is -6.38. The van der Waals surface area contributed by atoms with Crippen LogP contribution in [0.3, 0.4) is 0 Å². The van der Waals surface area contributed by atoms with Crippen molar-refractivity contribution in [3.63, 3.8) is 0 Å². The van der Waals surface area contributed by atoms with Gasteiger partial charge in [-0.15, -0.1) is 0 Å². The van der Waals surface area contributed by atoms with Crippen LogP contribution in [0.15, 0.2) is 64.7 Å². The van der Waals surface area contributed by atoms with Crippen molar-refractivity contribution in [1.29, 1.82) is 0 Å². The summed E-state index contributed by atoms with van der Waals surface area (Å²) in [4.78, 5) is 185. The molecule has 63 heteroatoms. The van der Waals surface area contributed by atoms with Crippen LogP contribution in [0.5, 0.6) is 0 Å². The van der Waals surface area contributed by atoms with Crippen LogP contribution >= 0.6 is 36.9 Å². The minimum absolute atomic E-state index is 0.0295. The van der Waals surface area contributed by atoms with Crippen LogP contribution in [0.1, 0.15) is 53.4 Å². The van der Waals surface area contributed by atoms with Gasteiger partial charge < -0.3 is 127 Å². The third-order valence-corrected chi connectivity index (χ3v) is 25.2. The lowest BCUT2D eigenvalue weighted by Gasteiger charge is -2.29. The summed E-state index contributed by atoms with van der Waals surface area (Å²) < 4.78 is 190. The van der Waals surface area contributed by atoms with Crippen molar-refractivity contribution < 1.29 is 160 Å². The number of hydrogen-bond donors (Lipinski definition) is 13. The van der Waals surface area contributed by atoms with Gasteiger partial charge in [-0.05, 0) is 51.3 Å². The Morgan fingerprint density at radius 2 is 0.711 bits per heavy atom. The molecule has 128 heavy (non-hydrogen) atoms. The molecule has 0 aromatic carbocycles. The predicted molar refractivity (Wildman–Crippen MR) is 438 cm³/mol. The van der Waals surface area contributed by atoms with Crippen molar-refractivity contribution >= 4 is 89.3 Å². The molecule has 6 aromatic heterocycles. The lowest BCUT2D eigenvalue weighted by Crippen LogP contribution is -2.42. The van der Waals surface area contributed by atoms with Gasteiger partial charge in [0.2, 0.25) is 5.95 Å². The highest BCUT2D eigenvalue weighted by Crippen LogP contribution is 2.57. The highest BCUT2D eigenvalue weighted by molar-refractivity contribution is 8.07. The number of aliphatic hydroxyl groups excluding tert-OH is 1. The van der Waals surface area contributed by atoms with Crippen molar-refractivity contribution in [1.82, 2.24) is 57.7 Å². The summed E-state index contributed by atoms with van der Waals surface area (Å²) in [5.74, 6) is -0.796. The zero-order valence-corrected chi connectivity index (χ0v) is 75.5. The molecule has 0 aliphatic carbocycles. The van der Waals surface area contributed by atoms with Crippen LogP contribution in [-0.2, 0) is 149 Å². The highest BCUT2D eigenvalue weighted by Gasteiger charge is 2.58. The second-order valence-electron chi connectivity index (χ2n) is 28.8. The van der Waals surface area contributed by atoms with E-state index in [2.05, 4.69) is 34.9 Å². The number of anilines is 3. The van der Waals surface area contributed by atoms with E-state index in [-0.39, 0.29) is 92.3 Å². The molecule has 0 bridgehead atoms. The minimum Gasteiger partial charge on any atom is -0.394 e. The van der Waals surface area contributed by atoms with Crippen LogP contribution in [0.25, 0.3) is 11.2 Å². The van der Waals surface area contributed by atoms with Crippen molar-refractivity contribution in [2.24, 2.45) is 0 Å². The van der Waals surface area contributed by atoms with E-state index in [0.717, 1.165) is 41.6 Å². The zero-order valence-electron chi connectivity index (χ0n) is 69.4. The molecule has 11 heterocycles. The van der Waals surface area contributed by atoms with Gasteiger partial charge in [-0.3, -0.25) is 88.4 Å². The quantitative estimate of drug-likeness (QED) is 0.0128. The molecule has 5 fully saturated rings. The van der Waals surface area contributed by atoms with Gasteiger partial charge in [0.25, 0.3) is 16.7 Å². The van der Waals surface area contributed by atoms with Crippen molar-refractivity contribution in [2.75, 3.05) is 152 Å². The molecule has 6 aromatic rings. The van der Waals surface area contributed by atoms with E-state index < -0.39 is 251 Å². The van der Waals surface area contributed by atoms with Crippen LogP contribution < -0.4 is 56.6 Å². The number of methoxy groups -OCH3 is 5. The summed E-state index contributed by atoms with van der Waals surface area (Å²) in [7, 11) is -11.2. The summed E-state index contributed by atoms with van der Waals surface area (Å²) in [5, 5.41) is 10.7. The summed E-state index contributed by atoms with van der Waals surface area (Å²) in [6.07, 6.45) is -30.2. The predicted octanol–water partition coefficient (Wildman–Crippen LogP) is -3.93. The van der Waals surface area contributed by atoms with Gasteiger partial charge in [0.1, 0.15) is 103 Å². The van der Waals surface area contributed by atoms with Gasteiger partial charge in [0, 0.05) is 82.6 Å². The highest BCUT2D eigenvalue weighted by atomic mass is 32.5. The normalized spacial score (nSPS) is 28.7. The smallest absolute Gasteiger partial charge is 0.394 e. The van der Waals surface area contributed by atoms with Gasteiger partial charge in [0.05, 0.1) is 105 Å². The van der Waals surface area contributed by atoms with E-state index in [9.17, 15) is 72.6 Å². The molecule has 24 atom stereocenters. The van der Waals surface area contributed by atoms with Gasteiger partial charge in [-0.1, -0.05) is 0 Å². The number of H-pyrrole nitrogens is 3. The molecule has 11 rings (SSSR count). The number of imidazole rings is 1. The first-order valence-corrected chi connectivity index (χ1v) is 48.1. The molecule has 0 saturated carbocycles. The van der Waals surface area contributed by atoms with Crippen LogP contribution in [-0.4, -0.2) is 318 Å². The third-order valence-electron chi connectivity index (χ3n) is 19.9. The van der Waals surface area contributed by atoms with Gasteiger partial charge in [-0.2, -0.15) is 15.0 Å². The topological polar surface area (TPSA) is 735 Å². The number of phosphoric ester groups is 3. The fourth-order valence-electron chi connectivity index (χ4n) is 14.0. The molecule has 716 valence electrons. The number of ether oxygens (including phenoxy) is 15. The largest absolute Gasteiger partial charge is 0.472 e. The number of nitrogens with one attached hydrogen (secondary N) is 3. The summed E-state index contributed by atoms with van der Waals surface area (Å²) in [6, 6.07) is 0. The lowest BCUT2D eigenvalue weighted by molar-refractivity contribution is -0.0850.